The minimum Gasteiger partial charge on any atom is -0.494 e. The van der Waals surface area contributed by atoms with E-state index in [1.54, 1.807) is 4.90 Å². The van der Waals surface area contributed by atoms with Gasteiger partial charge in [-0.15, -0.1) is 12.4 Å². The Balaban J connectivity index is 0.00000220. The number of rotatable bonds is 5. The molecule has 1 fully saturated rings. The van der Waals surface area contributed by atoms with Crippen molar-refractivity contribution < 1.29 is 14.3 Å². The van der Waals surface area contributed by atoms with Crippen LogP contribution in [-0.4, -0.2) is 50.3 Å². The van der Waals surface area contributed by atoms with Gasteiger partial charge in [-0.05, 0) is 24.6 Å². The number of hydrogen-bond donors (Lipinski definition) is 1. The van der Waals surface area contributed by atoms with Gasteiger partial charge in [-0.1, -0.05) is 12.1 Å². The summed E-state index contributed by atoms with van der Waals surface area (Å²) in [4.78, 5) is 14.0. The number of nitrogens with zero attached hydrogens (tertiary/aromatic N) is 1. The van der Waals surface area contributed by atoms with E-state index in [1.807, 2.05) is 38.2 Å². The second kappa shape index (κ2) is 8.87. The summed E-state index contributed by atoms with van der Waals surface area (Å²) in [7, 11) is 1.81. The highest BCUT2D eigenvalue weighted by Crippen LogP contribution is 2.13. The molecular weight excluding hydrogens is 292 g/mol. The van der Waals surface area contributed by atoms with Crippen LogP contribution in [-0.2, 0) is 16.1 Å². The van der Waals surface area contributed by atoms with Crippen LogP contribution in [0.1, 0.15) is 12.5 Å². The molecule has 2 rings (SSSR count). The van der Waals surface area contributed by atoms with Crippen molar-refractivity contribution in [1.82, 2.24) is 10.2 Å². The Bertz CT molecular complexity index is 433. The maximum absolute atomic E-state index is 12.2. The molecule has 118 valence electrons. The van der Waals surface area contributed by atoms with E-state index in [2.05, 4.69) is 5.32 Å². The molecule has 5 nitrogen and oxygen atoms in total. The molecule has 1 aromatic rings. The number of nitrogens with one attached hydrogen (secondary N) is 1. The van der Waals surface area contributed by atoms with E-state index in [-0.39, 0.29) is 24.4 Å². The predicted molar refractivity (Wildman–Crippen MR) is 83.9 cm³/mol. The van der Waals surface area contributed by atoms with Crippen molar-refractivity contribution in [2.45, 2.75) is 19.5 Å². The summed E-state index contributed by atoms with van der Waals surface area (Å²) in [6, 6.07) is 7.61. The smallest absolute Gasteiger partial charge is 0.242 e. The third kappa shape index (κ3) is 5.19. The summed E-state index contributed by atoms with van der Waals surface area (Å²) < 4.78 is 10.7. The zero-order valence-electron chi connectivity index (χ0n) is 12.5. The van der Waals surface area contributed by atoms with Crippen LogP contribution in [0.2, 0.25) is 0 Å². The Labute approximate surface area is 132 Å². The monoisotopic (exact) mass is 314 g/mol. The highest BCUT2D eigenvalue weighted by molar-refractivity contribution is 5.85. The Morgan fingerprint density at radius 2 is 2.14 bits per heavy atom. The maximum atomic E-state index is 12.2. The van der Waals surface area contributed by atoms with E-state index in [1.165, 1.54) is 0 Å². The molecule has 1 unspecified atom stereocenters. The summed E-state index contributed by atoms with van der Waals surface area (Å²) in [5.41, 5.74) is 1.08. The minimum atomic E-state index is -0.226. The molecule has 0 bridgehead atoms. The molecule has 1 aliphatic heterocycles. The van der Waals surface area contributed by atoms with Crippen molar-refractivity contribution in [3.8, 4) is 5.75 Å². The lowest BCUT2D eigenvalue weighted by Crippen LogP contribution is -2.51. The molecule has 1 heterocycles. The molecule has 1 N–H and O–H groups in total. The molecule has 1 aliphatic rings. The summed E-state index contributed by atoms with van der Waals surface area (Å²) in [6.07, 6.45) is 0. The zero-order valence-corrected chi connectivity index (χ0v) is 13.3. The quantitative estimate of drug-likeness (QED) is 0.894. The zero-order chi connectivity index (χ0) is 14.4. The van der Waals surface area contributed by atoms with Gasteiger partial charge in [0, 0.05) is 20.1 Å². The van der Waals surface area contributed by atoms with Crippen molar-refractivity contribution in [2.75, 3.05) is 33.4 Å². The third-order valence-corrected chi connectivity index (χ3v) is 3.25. The van der Waals surface area contributed by atoms with Gasteiger partial charge in [0.15, 0.2) is 0 Å². The van der Waals surface area contributed by atoms with Crippen molar-refractivity contribution in [3.63, 3.8) is 0 Å². The van der Waals surface area contributed by atoms with Crippen LogP contribution in [0.25, 0.3) is 0 Å². The molecular formula is C15H23ClN2O3. The lowest BCUT2D eigenvalue weighted by atomic mass is 10.2. The van der Waals surface area contributed by atoms with Gasteiger partial charge in [-0.3, -0.25) is 4.79 Å². The Morgan fingerprint density at radius 3 is 2.71 bits per heavy atom. The van der Waals surface area contributed by atoms with Crippen LogP contribution in [0.3, 0.4) is 0 Å². The first-order valence-corrected chi connectivity index (χ1v) is 6.98. The first-order chi connectivity index (χ1) is 9.70. The van der Waals surface area contributed by atoms with Gasteiger partial charge in [0.05, 0.1) is 19.8 Å². The van der Waals surface area contributed by atoms with Crippen molar-refractivity contribution in [1.29, 1.82) is 0 Å². The van der Waals surface area contributed by atoms with Gasteiger partial charge >= 0.3 is 0 Å². The maximum Gasteiger partial charge on any atom is 0.242 e. The predicted octanol–water partition coefficient (Wildman–Crippen LogP) is 1.45. The fraction of sp³-hybridized carbons (Fsp3) is 0.533. The van der Waals surface area contributed by atoms with E-state index in [0.29, 0.717) is 26.4 Å². The summed E-state index contributed by atoms with van der Waals surface area (Å²) in [6.45, 7) is 5.06. The van der Waals surface area contributed by atoms with E-state index < -0.39 is 0 Å². The highest BCUT2D eigenvalue weighted by Gasteiger charge is 2.24. The van der Waals surface area contributed by atoms with Gasteiger partial charge < -0.3 is 19.7 Å². The molecule has 0 saturated carbocycles. The molecule has 6 heteroatoms. The number of carbonyl (C=O) groups is 1. The van der Waals surface area contributed by atoms with Crippen LogP contribution in [0, 0.1) is 0 Å². The highest BCUT2D eigenvalue weighted by atomic mass is 35.5. The van der Waals surface area contributed by atoms with Crippen LogP contribution in [0.4, 0.5) is 0 Å². The second-order valence-corrected chi connectivity index (χ2v) is 4.85. The van der Waals surface area contributed by atoms with E-state index in [9.17, 15) is 4.79 Å². The van der Waals surface area contributed by atoms with Crippen molar-refractivity contribution >= 4 is 18.3 Å². The van der Waals surface area contributed by atoms with Gasteiger partial charge in [-0.25, -0.2) is 0 Å². The third-order valence-electron chi connectivity index (χ3n) is 3.25. The number of amides is 1. The van der Waals surface area contributed by atoms with Crippen molar-refractivity contribution in [2.24, 2.45) is 0 Å². The molecule has 0 spiro atoms. The van der Waals surface area contributed by atoms with Crippen LogP contribution >= 0.6 is 12.4 Å². The molecule has 1 aromatic carbocycles. The Morgan fingerprint density at radius 1 is 1.43 bits per heavy atom. The lowest BCUT2D eigenvalue weighted by molar-refractivity contribution is -0.135. The number of likely N-dealkylation sites (N-methyl/N-ethyl adjacent to an activating group) is 1. The average Bonchev–Trinajstić information content (AvgIpc) is 2.49. The second-order valence-electron chi connectivity index (χ2n) is 4.85. The molecule has 1 atom stereocenters. The minimum absolute atomic E-state index is 0. The summed E-state index contributed by atoms with van der Waals surface area (Å²) in [5, 5.41) is 3.18. The molecule has 1 saturated heterocycles. The topological polar surface area (TPSA) is 50.8 Å². The first-order valence-electron chi connectivity index (χ1n) is 6.98. The molecule has 0 aromatic heterocycles. The SMILES string of the molecule is CCOc1ccc(CN(C)C(=O)C2COCCN2)cc1.Cl. The lowest BCUT2D eigenvalue weighted by Gasteiger charge is -2.27. The standard InChI is InChI=1S/C15H22N2O3.ClH/c1-3-20-13-6-4-12(5-7-13)10-17(2)15(18)14-11-19-9-8-16-14;/h4-7,14,16H,3,8-11H2,1-2H3;1H. The number of benzene rings is 1. The van der Waals surface area contributed by atoms with Gasteiger partial charge in [0.25, 0.3) is 0 Å². The average molecular weight is 315 g/mol. The summed E-state index contributed by atoms with van der Waals surface area (Å²) in [5.74, 6) is 0.922. The largest absolute Gasteiger partial charge is 0.494 e. The van der Waals surface area contributed by atoms with Gasteiger partial charge in [0.1, 0.15) is 11.8 Å². The normalized spacial score (nSPS) is 17.7. The van der Waals surface area contributed by atoms with Crippen LogP contribution < -0.4 is 10.1 Å². The Kier molecular flexibility index (Phi) is 7.50. The fourth-order valence-electron chi connectivity index (χ4n) is 2.20. The number of carbonyl (C=O) groups excluding carboxylic acids is 1. The fourth-order valence-corrected chi connectivity index (χ4v) is 2.20. The molecule has 0 radical (unpaired) electrons. The summed E-state index contributed by atoms with van der Waals surface area (Å²) >= 11 is 0. The van der Waals surface area contributed by atoms with Gasteiger partial charge in [0.2, 0.25) is 5.91 Å². The molecule has 0 aliphatic carbocycles. The van der Waals surface area contributed by atoms with Crippen LogP contribution in [0.5, 0.6) is 5.75 Å². The molecule has 1 amide bonds. The van der Waals surface area contributed by atoms with E-state index >= 15 is 0 Å². The van der Waals surface area contributed by atoms with E-state index in [4.69, 9.17) is 9.47 Å². The van der Waals surface area contributed by atoms with Crippen LogP contribution in [0.15, 0.2) is 24.3 Å². The van der Waals surface area contributed by atoms with E-state index in [0.717, 1.165) is 17.9 Å². The number of ether oxygens (including phenoxy) is 2. The first kappa shape index (κ1) is 17.8. The number of hydrogen-bond acceptors (Lipinski definition) is 4. The van der Waals surface area contributed by atoms with Gasteiger partial charge in [-0.2, -0.15) is 0 Å². The Hall–Kier alpha value is -1.30. The van der Waals surface area contributed by atoms with Crippen molar-refractivity contribution in [3.05, 3.63) is 29.8 Å². The molecule has 21 heavy (non-hydrogen) atoms. The number of morpholine rings is 1. The number of halogens is 1.